The van der Waals surface area contributed by atoms with E-state index in [0.717, 1.165) is 32.2 Å². The zero-order valence-electron chi connectivity index (χ0n) is 22.0. The molecular weight excluding hydrogens is 440 g/mol. The van der Waals surface area contributed by atoms with Crippen molar-refractivity contribution in [2.24, 2.45) is 17.3 Å². The lowest BCUT2D eigenvalue weighted by atomic mass is 9.75. The summed E-state index contributed by atoms with van der Waals surface area (Å²) in [4.78, 5) is 31.0. The Morgan fingerprint density at radius 3 is 2.49 bits per heavy atom. The van der Waals surface area contributed by atoms with Gasteiger partial charge in [0.1, 0.15) is 5.54 Å². The maximum Gasteiger partial charge on any atom is 0.224 e. The number of rotatable bonds is 7. The standard InChI is InChI=1S/C28H46N4O3/c1-27(2)10-6-9-24(19-27)32-12-11-28(20-29,21-32)30-26(34)23(17-22-7-4-3-5-8-22)18-25(33)31-13-15-35-16-14-31/h22-24H,3-19,21H2,1-2H3,(H,30,34). The Hall–Kier alpha value is -1.65. The topological polar surface area (TPSA) is 85.7 Å². The molecule has 1 N–H and O–H groups in total. The van der Waals surface area contributed by atoms with E-state index < -0.39 is 5.54 Å². The van der Waals surface area contributed by atoms with Crippen LogP contribution in [-0.4, -0.2) is 72.6 Å². The van der Waals surface area contributed by atoms with Crippen molar-refractivity contribution in [1.82, 2.24) is 15.1 Å². The third-order valence-corrected chi connectivity index (χ3v) is 9.07. The number of nitrogens with one attached hydrogen (secondary N) is 1. The van der Waals surface area contributed by atoms with Gasteiger partial charge in [0.15, 0.2) is 0 Å². The molecule has 2 amide bonds. The molecule has 196 valence electrons. The molecule has 4 rings (SSSR count). The molecule has 2 aliphatic carbocycles. The highest BCUT2D eigenvalue weighted by atomic mass is 16.5. The number of hydrogen-bond donors (Lipinski definition) is 1. The first kappa shape index (κ1) is 26.4. The first-order valence-corrected chi connectivity index (χ1v) is 14.1. The van der Waals surface area contributed by atoms with Crippen molar-refractivity contribution >= 4 is 11.8 Å². The maximum absolute atomic E-state index is 13.7. The van der Waals surface area contributed by atoms with E-state index in [4.69, 9.17) is 4.74 Å². The molecular formula is C28H46N4O3. The predicted octanol–water partition coefficient (Wildman–Crippen LogP) is 3.87. The first-order valence-electron chi connectivity index (χ1n) is 14.1. The average molecular weight is 487 g/mol. The molecule has 0 aromatic rings. The Morgan fingerprint density at radius 1 is 1.06 bits per heavy atom. The van der Waals surface area contributed by atoms with E-state index in [9.17, 15) is 14.9 Å². The third-order valence-electron chi connectivity index (χ3n) is 9.07. The number of carbonyl (C=O) groups is 2. The molecule has 7 heteroatoms. The van der Waals surface area contributed by atoms with Gasteiger partial charge in [0.05, 0.1) is 19.3 Å². The van der Waals surface area contributed by atoms with Crippen molar-refractivity contribution in [1.29, 1.82) is 5.26 Å². The lowest BCUT2D eigenvalue weighted by Crippen LogP contribution is -2.53. The van der Waals surface area contributed by atoms with Crippen LogP contribution in [0.4, 0.5) is 0 Å². The quantitative estimate of drug-likeness (QED) is 0.590. The van der Waals surface area contributed by atoms with Crippen molar-refractivity contribution in [3.63, 3.8) is 0 Å². The van der Waals surface area contributed by atoms with Gasteiger partial charge in [-0.2, -0.15) is 5.26 Å². The average Bonchev–Trinajstić information content (AvgIpc) is 3.28. The van der Waals surface area contributed by atoms with E-state index >= 15 is 0 Å². The van der Waals surface area contributed by atoms with Crippen LogP contribution in [0.15, 0.2) is 0 Å². The molecule has 7 nitrogen and oxygen atoms in total. The number of likely N-dealkylation sites (tertiary alicyclic amines) is 1. The summed E-state index contributed by atoms with van der Waals surface area (Å²) in [6.45, 7) is 8.48. The van der Waals surface area contributed by atoms with Gasteiger partial charge in [0, 0.05) is 44.6 Å². The molecule has 0 spiro atoms. The number of nitrogens with zero attached hydrogens (tertiary/aromatic N) is 3. The molecule has 0 aromatic heterocycles. The van der Waals surface area contributed by atoms with E-state index in [1.165, 1.54) is 38.5 Å². The van der Waals surface area contributed by atoms with E-state index in [1.54, 1.807) is 0 Å². The zero-order valence-corrected chi connectivity index (χ0v) is 22.0. The number of hydrogen-bond acceptors (Lipinski definition) is 5. The normalized spacial score (nSPS) is 31.0. The highest BCUT2D eigenvalue weighted by Gasteiger charge is 2.45. The minimum Gasteiger partial charge on any atom is -0.378 e. The number of nitriles is 1. The largest absolute Gasteiger partial charge is 0.378 e. The molecule has 2 aliphatic heterocycles. The van der Waals surface area contributed by atoms with Gasteiger partial charge in [-0.15, -0.1) is 0 Å². The molecule has 2 saturated heterocycles. The second kappa shape index (κ2) is 11.6. The van der Waals surface area contributed by atoms with Gasteiger partial charge in [-0.05, 0) is 43.4 Å². The molecule has 4 aliphatic rings. The predicted molar refractivity (Wildman–Crippen MR) is 135 cm³/mol. The molecule has 3 atom stereocenters. The number of amides is 2. The van der Waals surface area contributed by atoms with Gasteiger partial charge in [0.2, 0.25) is 11.8 Å². The van der Waals surface area contributed by atoms with Crippen LogP contribution in [0.5, 0.6) is 0 Å². The highest BCUT2D eigenvalue weighted by molar-refractivity contribution is 5.86. The van der Waals surface area contributed by atoms with Crippen molar-refractivity contribution in [3.05, 3.63) is 0 Å². The Balaban J connectivity index is 1.41. The smallest absolute Gasteiger partial charge is 0.224 e. The van der Waals surface area contributed by atoms with E-state index in [-0.39, 0.29) is 24.2 Å². The van der Waals surface area contributed by atoms with Gasteiger partial charge in [0.25, 0.3) is 0 Å². The molecule has 0 aromatic carbocycles. The van der Waals surface area contributed by atoms with Gasteiger partial charge in [-0.25, -0.2) is 0 Å². The van der Waals surface area contributed by atoms with Crippen LogP contribution in [0.2, 0.25) is 0 Å². The lowest BCUT2D eigenvalue weighted by molar-refractivity contribution is -0.140. The Bertz CT molecular complexity index is 782. The highest BCUT2D eigenvalue weighted by Crippen LogP contribution is 2.39. The summed E-state index contributed by atoms with van der Waals surface area (Å²) in [6, 6.07) is 2.98. The summed E-state index contributed by atoms with van der Waals surface area (Å²) in [5.74, 6) is 0.0956. The van der Waals surface area contributed by atoms with E-state index in [0.29, 0.717) is 56.6 Å². The second-order valence-corrected chi connectivity index (χ2v) is 12.5. The summed E-state index contributed by atoms with van der Waals surface area (Å²) in [6.07, 6.45) is 12.5. The first-order chi connectivity index (χ1) is 16.8. The van der Waals surface area contributed by atoms with Gasteiger partial charge in [-0.1, -0.05) is 52.4 Å². The zero-order chi connectivity index (χ0) is 24.9. The molecule has 0 bridgehead atoms. The van der Waals surface area contributed by atoms with Crippen LogP contribution in [0, 0.1) is 28.6 Å². The molecule has 35 heavy (non-hydrogen) atoms. The van der Waals surface area contributed by atoms with E-state index in [2.05, 4.69) is 30.1 Å². The monoisotopic (exact) mass is 486 g/mol. The third kappa shape index (κ3) is 6.98. The number of ether oxygens (including phenoxy) is 1. The molecule has 3 unspecified atom stereocenters. The summed E-state index contributed by atoms with van der Waals surface area (Å²) in [5.41, 5.74) is -0.500. The number of morpholine rings is 1. The van der Waals surface area contributed by atoms with Gasteiger partial charge in [-0.3, -0.25) is 14.5 Å². The summed E-state index contributed by atoms with van der Waals surface area (Å²) < 4.78 is 5.40. The fraction of sp³-hybridized carbons (Fsp3) is 0.893. The van der Waals surface area contributed by atoms with Crippen LogP contribution in [0.3, 0.4) is 0 Å². The van der Waals surface area contributed by atoms with Crippen LogP contribution in [-0.2, 0) is 14.3 Å². The minimum atomic E-state index is -0.842. The van der Waals surface area contributed by atoms with Crippen molar-refractivity contribution in [2.45, 2.75) is 102 Å². The molecule has 2 heterocycles. The van der Waals surface area contributed by atoms with Crippen molar-refractivity contribution in [2.75, 3.05) is 39.4 Å². The van der Waals surface area contributed by atoms with Gasteiger partial charge < -0.3 is 15.0 Å². The minimum absolute atomic E-state index is 0.0488. The molecule has 4 fully saturated rings. The maximum atomic E-state index is 13.7. The van der Waals surface area contributed by atoms with Crippen molar-refractivity contribution < 1.29 is 14.3 Å². The number of carbonyl (C=O) groups excluding carboxylic acids is 2. The van der Waals surface area contributed by atoms with Crippen LogP contribution in [0.25, 0.3) is 0 Å². The summed E-state index contributed by atoms with van der Waals surface area (Å²) in [7, 11) is 0. The lowest BCUT2D eigenvalue weighted by Gasteiger charge is -2.40. The summed E-state index contributed by atoms with van der Waals surface area (Å²) >= 11 is 0. The van der Waals surface area contributed by atoms with Crippen LogP contribution < -0.4 is 5.32 Å². The fourth-order valence-corrected chi connectivity index (χ4v) is 6.94. The molecule has 2 saturated carbocycles. The van der Waals surface area contributed by atoms with E-state index in [1.807, 2.05) is 4.90 Å². The van der Waals surface area contributed by atoms with Crippen molar-refractivity contribution in [3.8, 4) is 6.07 Å². The summed E-state index contributed by atoms with van der Waals surface area (Å²) in [5, 5.41) is 13.4. The second-order valence-electron chi connectivity index (χ2n) is 12.5. The Morgan fingerprint density at radius 2 is 1.80 bits per heavy atom. The molecule has 0 radical (unpaired) electrons. The van der Waals surface area contributed by atoms with Crippen LogP contribution >= 0.6 is 0 Å². The van der Waals surface area contributed by atoms with Gasteiger partial charge >= 0.3 is 0 Å². The van der Waals surface area contributed by atoms with Crippen LogP contribution in [0.1, 0.15) is 90.9 Å². The SMILES string of the molecule is CC1(C)CCCC(N2CCC(C#N)(NC(=O)C(CC(=O)N3CCOCC3)CC3CCCCC3)C2)C1. The fourth-order valence-electron chi connectivity index (χ4n) is 6.94. The Kier molecular flexibility index (Phi) is 8.76. The Labute approximate surface area is 211 Å².